The molecule has 3 atom stereocenters. The first-order chi connectivity index (χ1) is 9.22. The molecule has 1 aliphatic rings. The van der Waals surface area contributed by atoms with Gasteiger partial charge in [0.25, 0.3) is 0 Å². The van der Waals surface area contributed by atoms with Crippen LogP contribution in [0, 0.1) is 5.92 Å². The average Bonchev–Trinajstić information content (AvgIpc) is 3.05. The minimum absolute atomic E-state index is 0.392. The molecular weight excluding hydrogens is 388 g/mol. The zero-order chi connectivity index (χ0) is 13.4. The van der Waals surface area contributed by atoms with E-state index in [2.05, 4.69) is 62.4 Å². The summed E-state index contributed by atoms with van der Waals surface area (Å²) in [5, 5.41) is 3.66. The van der Waals surface area contributed by atoms with Gasteiger partial charge in [-0.25, -0.2) is 0 Å². The topological polar surface area (TPSA) is 9.23 Å². The second-order valence-corrected chi connectivity index (χ2v) is 7.70. The fraction of sp³-hybridized carbons (Fsp3) is 0.467. The monoisotopic (exact) mass is 402 g/mol. The highest BCUT2D eigenvalue weighted by Gasteiger charge is 2.34. The van der Waals surface area contributed by atoms with Crippen LogP contribution in [-0.2, 0) is 4.74 Å². The Kier molecular flexibility index (Phi) is 4.32. The second-order valence-electron chi connectivity index (χ2n) is 4.98. The molecule has 102 valence electrons. The van der Waals surface area contributed by atoms with Crippen molar-refractivity contribution in [2.75, 3.05) is 6.61 Å². The SMILES string of the molecule is CCC1OCCC1C(Br)c1csc2c(Br)cccc12. The number of fused-ring (bicyclic) bond motifs is 1. The first kappa shape index (κ1) is 14.1. The van der Waals surface area contributed by atoms with Gasteiger partial charge in [0.2, 0.25) is 0 Å². The summed E-state index contributed by atoms with van der Waals surface area (Å²) in [5.74, 6) is 0.585. The van der Waals surface area contributed by atoms with E-state index in [1.807, 2.05) is 11.3 Å². The fourth-order valence-corrected chi connectivity index (χ4v) is 5.72. The Labute approximate surface area is 134 Å². The summed E-state index contributed by atoms with van der Waals surface area (Å²) in [6.45, 7) is 3.11. The van der Waals surface area contributed by atoms with E-state index >= 15 is 0 Å². The van der Waals surface area contributed by atoms with Crippen molar-refractivity contribution in [3.8, 4) is 0 Å². The summed E-state index contributed by atoms with van der Waals surface area (Å²) in [4.78, 5) is 0.392. The third-order valence-corrected chi connectivity index (χ3v) is 7.06. The Morgan fingerprint density at radius 2 is 2.32 bits per heavy atom. The van der Waals surface area contributed by atoms with Crippen LogP contribution in [0.15, 0.2) is 28.1 Å². The quantitative estimate of drug-likeness (QED) is 0.578. The highest BCUT2D eigenvalue weighted by molar-refractivity contribution is 9.10. The number of benzene rings is 1. The maximum atomic E-state index is 5.83. The number of rotatable bonds is 3. The highest BCUT2D eigenvalue weighted by atomic mass is 79.9. The maximum Gasteiger partial charge on any atom is 0.0615 e. The molecule has 0 N–H and O–H groups in total. The Balaban J connectivity index is 1.98. The summed E-state index contributed by atoms with van der Waals surface area (Å²) in [6, 6.07) is 6.45. The third kappa shape index (κ3) is 2.53. The van der Waals surface area contributed by atoms with Crippen LogP contribution in [0.3, 0.4) is 0 Å². The van der Waals surface area contributed by atoms with Crippen molar-refractivity contribution >= 4 is 53.3 Å². The molecule has 0 amide bonds. The molecule has 3 unspecified atom stereocenters. The summed E-state index contributed by atoms with van der Waals surface area (Å²) in [7, 11) is 0. The molecule has 0 bridgehead atoms. The van der Waals surface area contributed by atoms with E-state index in [1.165, 1.54) is 20.1 Å². The lowest BCUT2D eigenvalue weighted by atomic mass is 9.91. The van der Waals surface area contributed by atoms with E-state index in [4.69, 9.17) is 4.74 Å². The first-order valence-electron chi connectivity index (χ1n) is 6.63. The molecule has 0 saturated carbocycles. The van der Waals surface area contributed by atoms with Gasteiger partial charge in [-0.15, -0.1) is 11.3 Å². The van der Waals surface area contributed by atoms with E-state index in [1.54, 1.807) is 0 Å². The van der Waals surface area contributed by atoms with Gasteiger partial charge in [-0.3, -0.25) is 0 Å². The number of hydrogen-bond acceptors (Lipinski definition) is 2. The Morgan fingerprint density at radius 1 is 1.47 bits per heavy atom. The molecule has 0 aliphatic carbocycles. The standard InChI is InChI=1S/C15H16Br2OS/c1-2-13-10(6-7-18-13)14(17)11-8-19-15-9(11)4-3-5-12(15)16/h3-5,8,10,13-14H,2,6-7H2,1H3. The summed E-state index contributed by atoms with van der Waals surface area (Å²) in [5.41, 5.74) is 1.41. The molecule has 4 heteroatoms. The van der Waals surface area contributed by atoms with E-state index < -0.39 is 0 Å². The Hall–Kier alpha value is 0.100. The lowest BCUT2D eigenvalue weighted by Gasteiger charge is -2.22. The van der Waals surface area contributed by atoms with E-state index in [-0.39, 0.29) is 0 Å². The molecule has 0 spiro atoms. The van der Waals surface area contributed by atoms with Crippen LogP contribution in [0.1, 0.15) is 30.2 Å². The van der Waals surface area contributed by atoms with Gasteiger partial charge in [0.05, 0.1) is 6.10 Å². The highest BCUT2D eigenvalue weighted by Crippen LogP contribution is 2.45. The molecule has 1 aromatic carbocycles. The molecule has 1 nitrogen and oxygen atoms in total. The van der Waals surface area contributed by atoms with Gasteiger partial charge in [0, 0.05) is 26.5 Å². The van der Waals surface area contributed by atoms with Crippen LogP contribution in [0.2, 0.25) is 0 Å². The summed E-state index contributed by atoms with van der Waals surface area (Å²) in [6.07, 6.45) is 2.64. The smallest absolute Gasteiger partial charge is 0.0615 e. The lowest BCUT2D eigenvalue weighted by Crippen LogP contribution is -2.18. The van der Waals surface area contributed by atoms with E-state index in [0.29, 0.717) is 16.8 Å². The molecule has 1 aromatic heterocycles. The van der Waals surface area contributed by atoms with Crippen molar-refractivity contribution in [2.45, 2.75) is 30.7 Å². The largest absolute Gasteiger partial charge is 0.378 e. The predicted molar refractivity (Wildman–Crippen MR) is 89.3 cm³/mol. The molecular formula is C15H16Br2OS. The molecule has 1 aliphatic heterocycles. The van der Waals surface area contributed by atoms with Crippen LogP contribution in [0.25, 0.3) is 10.1 Å². The van der Waals surface area contributed by atoms with Crippen molar-refractivity contribution in [3.05, 3.63) is 33.6 Å². The third-order valence-electron chi connectivity index (χ3n) is 3.92. The molecule has 3 rings (SSSR count). The number of ether oxygens (including phenoxy) is 1. The zero-order valence-electron chi connectivity index (χ0n) is 10.7. The van der Waals surface area contributed by atoms with Crippen molar-refractivity contribution in [1.82, 2.24) is 0 Å². The molecule has 2 aromatic rings. The predicted octanol–water partition coefficient (Wildman–Crippen LogP) is 5.91. The van der Waals surface area contributed by atoms with Crippen LogP contribution < -0.4 is 0 Å². The normalized spacial score (nSPS) is 25.0. The summed E-state index contributed by atoms with van der Waals surface area (Å²) < 4.78 is 8.37. The molecule has 1 saturated heterocycles. The maximum absolute atomic E-state index is 5.83. The van der Waals surface area contributed by atoms with Gasteiger partial charge < -0.3 is 4.74 Å². The van der Waals surface area contributed by atoms with Gasteiger partial charge in [-0.2, -0.15) is 0 Å². The number of alkyl halides is 1. The first-order valence-corrected chi connectivity index (χ1v) is 9.22. The fourth-order valence-electron chi connectivity index (χ4n) is 2.91. The van der Waals surface area contributed by atoms with Crippen molar-refractivity contribution < 1.29 is 4.74 Å². The lowest BCUT2D eigenvalue weighted by molar-refractivity contribution is 0.0873. The summed E-state index contributed by atoms with van der Waals surface area (Å²) >= 11 is 9.39. The zero-order valence-corrected chi connectivity index (χ0v) is 14.7. The van der Waals surface area contributed by atoms with Crippen molar-refractivity contribution in [1.29, 1.82) is 0 Å². The van der Waals surface area contributed by atoms with Gasteiger partial charge >= 0.3 is 0 Å². The minimum atomic E-state index is 0.392. The van der Waals surface area contributed by atoms with E-state index in [9.17, 15) is 0 Å². The average molecular weight is 404 g/mol. The van der Waals surface area contributed by atoms with Crippen LogP contribution in [0.5, 0.6) is 0 Å². The number of hydrogen-bond donors (Lipinski definition) is 0. The van der Waals surface area contributed by atoms with Gasteiger partial charge in [-0.05, 0) is 51.2 Å². The molecule has 0 radical (unpaired) electrons. The van der Waals surface area contributed by atoms with Gasteiger partial charge in [-0.1, -0.05) is 35.0 Å². The second kappa shape index (κ2) is 5.84. The van der Waals surface area contributed by atoms with E-state index in [0.717, 1.165) is 19.4 Å². The molecule has 19 heavy (non-hydrogen) atoms. The van der Waals surface area contributed by atoms with Crippen LogP contribution >= 0.6 is 43.2 Å². The minimum Gasteiger partial charge on any atom is -0.378 e. The molecule has 2 heterocycles. The van der Waals surface area contributed by atoms with Crippen LogP contribution in [0.4, 0.5) is 0 Å². The number of halogens is 2. The van der Waals surface area contributed by atoms with Gasteiger partial charge in [0.15, 0.2) is 0 Å². The van der Waals surface area contributed by atoms with Crippen molar-refractivity contribution in [3.63, 3.8) is 0 Å². The number of thiophene rings is 1. The Bertz CT molecular complexity index is 581. The van der Waals surface area contributed by atoms with Crippen molar-refractivity contribution in [2.24, 2.45) is 5.92 Å². The van der Waals surface area contributed by atoms with Crippen LogP contribution in [-0.4, -0.2) is 12.7 Å². The Morgan fingerprint density at radius 3 is 3.11 bits per heavy atom. The van der Waals surface area contributed by atoms with Gasteiger partial charge in [0.1, 0.15) is 0 Å². The molecule has 1 fully saturated rings.